The monoisotopic (exact) mass is 349 g/mol. The van der Waals surface area contributed by atoms with Gasteiger partial charge in [-0.2, -0.15) is 18.3 Å². The number of nitrogens with zero attached hydrogens (tertiary/aromatic N) is 3. The van der Waals surface area contributed by atoms with Gasteiger partial charge in [-0.25, -0.2) is 4.98 Å². The zero-order valence-electron chi connectivity index (χ0n) is 14.1. The SMILES string of the molecule is Cc1cc(C(F)(F)F)c2c(NCc3ccc(N(C)C)cc3)n[nH]c2n1. The van der Waals surface area contributed by atoms with E-state index < -0.39 is 11.7 Å². The van der Waals surface area contributed by atoms with Gasteiger partial charge in [0.15, 0.2) is 11.5 Å². The van der Waals surface area contributed by atoms with E-state index in [1.807, 2.05) is 43.3 Å². The molecule has 0 spiro atoms. The molecule has 132 valence electrons. The van der Waals surface area contributed by atoms with Crippen LogP contribution < -0.4 is 10.2 Å². The van der Waals surface area contributed by atoms with Crippen molar-refractivity contribution in [1.29, 1.82) is 0 Å². The minimum absolute atomic E-state index is 0.0389. The number of halogens is 3. The highest BCUT2D eigenvalue weighted by molar-refractivity contribution is 5.91. The van der Waals surface area contributed by atoms with Crippen LogP contribution in [0.3, 0.4) is 0 Å². The Bertz CT molecular complexity index is 882. The lowest BCUT2D eigenvalue weighted by Gasteiger charge is -2.13. The van der Waals surface area contributed by atoms with Crippen LogP contribution in [0.5, 0.6) is 0 Å². The third-order valence-electron chi connectivity index (χ3n) is 3.88. The van der Waals surface area contributed by atoms with E-state index in [0.29, 0.717) is 6.54 Å². The van der Waals surface area contributed by atoms with Crippen molar-refractivity contribution >= 4 is 22.5 Å². The van der Waals surface area contributed by atoms with E-state index in [1.165, 1.54) is 6.92 Å². The average molecular weight is 349 g/mol. The largest absolute Gasteiger partial charge is 0.417 e. The first kappa shape index (κ1) is 17.1. The maximum atomic E-state index is 13.3. The molecule has 3 rings (SSSR count). The van der Waals surface area contributed by atoms with Crippen LogP contribution in [-0.4, -0.2) is 29.3 Å². The molecule has 0 bridgehead atoms. The van der Waals surface area contributed by atoms with Crippen LogP contribution in [0.4, 0.5) is 24.7 Å². The van der Waals surface area contributed by atoms with Crippen molar-refractivity contribution in [3.63, 3.8) is 0 Å². The number of aromatic nitrogens is 3. The topological polar surface area (TPSA) is 56.8 Å². The number of aromatic amines is 1. The van der Waals surface area contributed by atoms with Crippen LogP contribution in [0.15, 0.2) is 30.3 Å². The number of hydrogen-bond acceptors (Lipinski definition) is 4. The van der Waals surface area contributed by atoms with Gasteiger partial charge in [-0.3, -0.25) is 5.10 Å². The number of pyridine rings is 1. The summed E-state index contributed by atoms with van der Waals surface area (Å²) in [7, 11) is 3.88. The Labute approximate surface area is 142 Å². The maximum absolute atomic E-state index is 13.3. The van der Waals surface area contributed by atoms with E-state index >= 15 is 0 Å². The summed E-state index contributed by atoms with van der Waals surface area (Å²) in [6.07, 6.45) is -4.47. The summed E-state index contributed by atoms with van der Waals surface area (Å²) < 4.78 is 40.0. The van der Waals surface area contributed by atoms with Crippen molar-refractivity contribution in [2.45, 2.75) is 19.6 Å². The summed E-state index contributed by atoms with van der Waals surface area (Å²) in [4.78, 5) is 6.07. The first-order chi connectivity index (χ1) is 11.8. The van der Waals surface area contributed by atoms with Crippen LogP contribution in [0, 0.1) is 6.92 Å². The van der Waals surface area contributed by atoms with Crippen LogP contribution in [0.1, 0.15) is 16.8 Å². The predicted octanol–water partition coefficient (Wildman–Crippen LogP) is 3.96. The molecule has 1 aromatic carbocycles. The molecule has 0 radical (unpaired) electrons. The Hall–Kier alpha value is -2.77. The molecule has 3 aromatic rings. The molecule has 0 fully saturated rings. The number of anilines is 2. The summed E-state index contributed by atoms with van der Waals surface area (Å²) in [5.74, 6) is 0.145. The Morgan fingerprint density at radius 2 is 1.84 bits per heavy atom. The molecule has 0 aliphatic heterocycles. The lowest BCUT2D eigenvalue weighted by atomic mass is 10.1. The van der Waals surface area contributed by atoms with Gasteiger partial charge in [0.05, 0.1) is 10.9 Å². The van der Waals surface area contributed by atoms with E-state index in [9.17, 15) is 13.2 Å². The van der Waals surface area contributed by atoms with Crippen molar-refractivity contribution in [2.24, 2.45) is 0 Å². The van der Waals surface area contributed by atoms with Gasteiger partial charge in [0.1, 0.15) is 0 Å². The molecule has 0 saturated carbocycles. The number of benzene rings is 1. The van der Waals surface area contributed by atoms with E-state index in [2.05, 4.69) is 20.5 Å². The third-order valence-corrected chi connectivity index (χ3v) is 3.88. The highest BCUT2D eigenvalue weighted by atomic mass is 19.4. The summed E-state index contributed by atoms with van der Waals surface area (Å²) in [5.41, 5.74) is 1.66. The number of hydrogen-bond donors (Lipinski definition) is 2. The Kier molecular flexibility index (Phi) is 4.28. The standard InChI is InChI=1S/C17H18F3N5/c1-10-8-13(17(18,19)20)14-15(23-24-16(14)22-10)21-9-11-4-6-12(7-5-11)25(2)3/h4-8H,9H2,1-3H3,(H2,21,22,23,24). The van der Waals surface area contributed by atoms with Crippen molar-refractivity contribution < 1.29 is 13.2 Å². The lowest BCUT2D eigenvalue weighted by Crippen LogP contribution is -2.09. The molecule has 5 nitrogen and oxygen atoms in total. The maximum Gasteiger partial charge on any atom is 0.417 e. The number of fused-ring (bicyclic) bond motifs is 1. The quantitative estimate of drug-likeness (QED) is 0.748. The molecule has 25 heavy (non-hydrogen) atoms. The summed E-state index contributed by atoms with van der Waals surface area (Å²) in [6, 6.07) is 8.78. The molecule has 0 atom stereocenters. The van der Waals surface area contributed by atoms with Gasteiger partial charge < -0.3 is 10.2 Å². The number of rotatable bonds is 4. The van der Waals surface area contributed by atoms with Crippen molar-refractivity contribution in [1.82, 2.24) is 15.2 Å². The second-order valence-corrected chi connectivity index (χ2v) is 6.02. The predicted molar refractivity (Wildman–Crippen MR) is 91.7 cm³/mol. The number of alkyl halides is 3. The molecule has 8 heteroatoms. The van der Waals surface area contributed by atoms with E-state index in [1.54, 1.807) is 0 Å². The van der Waals surface area contributed by atoms with Gasteiger partial charge in [-0.1, -0.05) is 12.1 Å². The first-order valence-electron chi connectivity index (χ1n) is 7.69. The zero-order valence-corrected chi connectivity index (χ0v) is 14.1. The molecule has 0 saturated heterocycles. The minimum atomic E-state index is -4.47. The summed E-state index contributed by atoms with van der Waals surface area (Å²) in [5, 5.41) is 9.47. The van der Waals surface area contributed by atoms with Crippen LogP contribution in [0.2, 0.25) is 0 Å². The molecule has 2 heterocycles. The van der Waals surface area contributed by atoms with Gasteiger partial charge in [-0.15, -0.1) is 0 Å². The lowest BCUT2D eigenvalue weighted by molar-refractivity contribution is -0.136. The fraction of sp³-hybridized carbons (Fsp3) is 0.294. The number of nitrogens with one attached hydrogen (secondary N) is 2. The highest BCUT2D eigenvalue weighted by Crippen LogP contribution is 2.37. The fourth-order valence-corrected chi connectivity index (χ4v) is 2.61. The van der Waals surface area contributed by atoms with Crippen LogP contribution in [0.25, 0.3) is 11.0 Å². The van der Waals surface area contributed by atoms with Gasteiger partial charge >= 0.3 is 6.18 Å². The molecular formula is C17H18F3N5. The van der Waals surface area contributed by atoms with Gasteiger partial charge in [0.25, 0.3) is 0 Å². The average Bonchev–Trinajstić information content (AvgIpc) is 2.94. The Morgan fingerprint density at radius 1 is 1.16 bits per heavy atom. The van der Waals surface area contributed by atoms with Gasteiger partial charge in [0, 0.05) is 32.0 Å². The fourth-order valence-electron chi connectivity index (χ4n) is 2.61. The molecule has 0 aliphatic rings. The second kappa shape index (κ2) is 6.27. The first-order valence-corrected chi connectivity index (χ1v) is 7.69. The molecule has 2 aromatic heterocycles. The number of aryl methyl sites for hydroxylation is 1. The Balaban J connectivity index is 1.89. The third kappa shape index (κ3) is 3.52. The van der Waals surface area contributed by atoms with E-state index in [0.717, 1.165) is 17.3 Å². The molecule has 0 aliphatic carbocycles. The van der Waals surface area contributed by atoms with Crippen LogP contribution in [-0.2, 0) is 12.7 Å². The normalized spacial score (nSPS) is 11.8. The number of H-pyrrole nitrogens is 1. The van der Waals surface area contributed by atoms with Crippen LogP contribution >= 0.6 is 0 Å². The molecular weight excluding hydrogens is 331 g/mol. The van der Waals surface area contributed by atoms with Crippen molar-refractivity contribution in [3.05, 3.63) is 47.2 Å². The summed E-state index contributed by atoms with van der Waals surface area (Å²) >= 11 is 0. The molecule has 0 amide bonds. The molecule has 0 unspecified atom stereocenters. The van der Waals surface area contributed by atoms with E-state index in [-0.39, 0.29) is 22.5 Å². The minimum Gasteiger partial charge on any atom is -0.378 e. The smallest absolute Gasteiger partial charge is 0.378 e. The highest BCUT2D eigenvalue weighted by Gasteiger charge is 2.35. The zero-order chi connectivity index (χ0) is 18.2. The van der Waals surface area contributed by atoms with Gasteiger partial charge in [0.2, 0.25) is 0 Å². The Morgan fingerprint density at radius 3 is 2.44 bits per heavy atom. The second-order valence-electron chi connectivity index (χ2n) is 6.02. The van der Waals surface area contributed by atoms with Crippen molar-refractivity contribution in [2.75, 3.05) is 24.3 Å². The van der Waals surface area contributed by atoms with E-state index in [4.69, 9.17) is 0 Å². The molecule has 2 N–H and O–H groups in total. The van der Waals surface area contributed by atoms with Gasteiger partial charge in [-0.05, 0) is 30.7 Å². The van der Waals surface area contributed by atoms with Crippen molar-refractivity contribution in [3.8, 4) is 0 Å². The summed E-state index contributed by atoms with van der Waals surface area (Å²) in [6.45, 7) is 1.88.